The largest absolute Gasteiger partial charge is 0.497 e. The van der Waals surface area contributed by atoms with Crippen LogP contribution in [0.1, 0.15) is 12.8 Å². The second-order valence-corrected chi connectivity index (χ2v) is 5.08. The highest BCUT2D eigenvalue weighted by molar-refractivity contribution is 9.10. The predicted molar refractivity (Wildman–Crippen MR) is 72.9 cm³/mol. The van der Waals surface area contributed by atoms with Crippen molar-refractivity contribution >= 4 is 27.5 Å². The van der Waals surface area contributed by atoms with Crippen molar-refractivity contribution in [2.45, 2.75) is 12.8 Å². The van der Waals surface area contributed by atoms with Crippen LogP contribution in [0.2, 0.25) is 0 Å². The SMILES string of the molecule is COc1ccc(Br)c(NC(=O)C2CCOCC2)c1. The Hall–Kier alpha value is -1.07. The summed E-state index contributed by atoms with van der Waals surface area (Å²) in [7, 11) is 1.60. The Morgan fingerprint density at radius 2 is 2.17 bits per heavy atom. The Bertz CT molecular complexity index is 430. The number of nitrogens with one attached hydrogen (secondary N) is 1. The van der Waals surface area contributed by atoms with Gasteiger partial charge in [-0.15, -0.1) is 0 Å². The molecule has 18 heavy (non-hydrogen) atoms. The van der Waals surface area contributed by atoms with Gasteiger partial charge >= 0.3 is 0 Å². The fourth-order valence-electron chi connectivity index (χ4n) is 1.92. The fraction of sp³-hybridized carbons (Fsp3) is 0.462. The summed E-state index contributed by atoms with van der Waals surface area (Å²) in [6.07, 6.45) is 1.57. The monoisotopic (exact) mass is 313 g/mol. The Balaban J connectivity index is 2.05. The van der Waals surface area contributed by atoms with E-state index in [1.165, 1.54) is 0 Å². The molecule has 1 aromatic carbocycles. The molecule has 1 aliphatic rings. The smallest absolute Gasteiger partial charge is 0.227 e. The van der Waals surface area contributed by atoms with Crippen molar-refractivity contribution in [2.24, 2.45) is 5.92 Å². The van der Waals surface area contributed by atoms with E-state index in [2.05, 4.69) is 21.2 Å². The molecule has 1 aliphatic heterocycles. The number of anilines is 1. The molecule has 1 heterocycles. The van der Waals surface area contributed by atoms with Crippen molar-refractivity contribution in [3.8, 4) is 5.75 Å². The van der Waals surface area contributed by atoms with Gasteiger partial charge in [0.1, 0.15) is 5.75 Å². The van der Waals surface area contributed by atoms with Gasteiger partial charge in [-0.3, -0.25) is 4.79 Å². The molecule has 1 saturated heterocycles. The van der Waals surface area contributed by atoms with Gasteiger partial charge in [0.15, 0.2) is 0 Å². The van der Waals surface area contributed by atoms with Gasteiger partial charge in [-0.2, -0.15) is 0 Å². The second kappa shape index (κ2) is 6.20. The first-order valence-electron chi connectivity index (χ1n) is 5.93. The Morgan fingerprint density at radius 1 is 1.44 bits per heavy atom. The summed E-state index contributed by atoms with van der Waals surface area (Å²) in [6.45, 7) is 1.33. The fourth-order valence-corrected chi connectivity index (χ4v) is 2.27. The molecular weight excluding hydrogens is 298 g/mol. The number of rotatable bonds is 3. The van der Waals surface area contributed by atoms with E-state index in [-0.39, 0.29) is 11.8 Å². The van der Waals surface area contributed by atoms with E-state index < -0.39 is 0 Å². The molecular formula is C13H16BrNO3. The van der Waals surface area contributed by atoms with Gasteiger partial charge in [0.25, 0.3) is 0 Å². The van der Waals surface area contributed by atoms with Gasteiger partial charge in [-0.05, 0) is 40.9 Å². The lowest BCUT2D eigenvalue weighted by molar-refractivity contribution is -0.122. The van der Waals surface area contributed by atoms with E-state index in [0.29, 0.717) is 13.2 Å². The molecule has 1 fully saturated rings. The number of hydrogen-bond acceptors (Lipinski definition) is 3. The molecule has 5 heteroatoms. The highest BCUT2D eigenvalue weighted by Gasteiger charge is 2.22. The van der Waals surface area contributed by atoms with Gasteiger partial charge in [-0.1, -0.05) is 0 Å². The topological polar surface area (TPSA) is 47.6 Å². The van der Waals surface area contributed by atoms with Crippen LogP contribution in [0.5, 0.6) is 5.75 Å². The van der Waals surface area contributed by atoms with E-state index in [0.717, 1.165) is 28.8 Å². The van der Waals surface area contributed by atoms with Crippen LogP contribution in [0.15, 0.2) is 22.7 Å². The summed E-state index contributed by atoms with van der Waals surface area (Å²) in [5, 5.41) is 2.93. The van der Waals surface area contributed by atoms with Gasteiger partial charge in [0.05, 0.1) is 12.8 Å². The van der Waals surface area contributed by atoms with Crippen LogP contribution in [0.3, 0.4) is 0 Å². The second-order valence-electron chi connectivity index (χ2n) is 4.22. The summed E-state index contributed by atoms with van der Waals surface area (Å²) in [6, 6.07) is 5.51. The van der Waals surface area contributed by atoms with E-state index in [9.17, 15) is 4.79 Å². The lowest BCUT2D eigenvalue weighted by Gasteiger charge is -2.21. The zero-order valence-corrected chi connectivity index (χ0v) is 11.8. The van der Waals surface area contributed by atoms with Crippen molar-refractivity contribution in [3.63, 3.8) is 0 Å². The summed E-state index contributed by atoms with van der Waals surface area (Å²) in [5.41, 5.74) is 0.742. The highest BCUT2D eigenvalue weighted by atomic mass is 79.9. The number of carbonyl (C=O) groups excluding carboxylic acids is 1. The van der Waals surface area contributed by atoms with Crippen LogP contribution >= 0.6 is 15.9 Å². The highest BCUT2D eigenvalue weighted by Crippen LogP contribution is 2.28. The number of halogens is 1. The summed E-state index contributed by atoms with van der Waals surface area (Å²) in [5.74, 6) is 0.810. The van der Waals surface area contributed by atoms with Crippen LogP contribution in [0.25, 0.3) is 0 Å². The number of hydrogen-bond donors (Lipinski definition) is 1. The Kier molecular flexibility index (Phi) is 4.60. The summed E-state index contributed by atoms with van der Waals surface area (Å²) >= 11 is 3.42. The van der Waals surface area contributed by atoms with Gasteiger partial charge < -0.3 is 14.8 Å². The third kappa shape index (κ3) is 3.23. The number of amides is 1. The average molecular weight is 314 g/mol. The van der Waals surface area contributed by atoms with Crippen molar-refractivity contribution in [1.29, 1.82) is 0 Å². The third-order valence-electron chi connectivity index (χ3n) is 3.02. The van der Waals surface area contributed by atoms with E-state index in [4.69, 9.17) is 9.47 Å². The first kappa shape index (κ1) is 13.4. The number of benzene rings is 1. The standard InChI is InChI=1S/C13H16BrNO3/c1-17-10-2-3-11(14)12(8-10)15-13(16)9-4-6-18-7-5-9/h2-3,8-9H,4-7H2,1H3,(H,15,16). The molecule has 0 atom stereocenters. The minimum Gasteiger partial charge on any atom is -0.497 e. The summed E-state index contributed by atoms with van der Waals surface area (Å²) in [4.78, 5) is 12.1. The first-order valence-corrected chi connectivity index (χ1v) is 6.72. The van der Waals surface area contributed by atoms with Crippen molar-refractivity contribution in [1.82, 2.24) is 0 Å². The molecule has 0 saturated carbocycles. The first-order chi connectivity index (χ1) is 8.70. The van der Waals surface area contributed by atoms with Gasteiger partial charge in [0.2, 0.25) is 5.91 Å². The quantitative estimate of drug-likeness (QED) is 0.933. The molecule has 0 unspecified atom stereocenters. The van der Waals surface area contributed by atoms with Gasteiger partial charge in [-0.25, -0.2) is 0 Å². The van der Waals surface area contributed by atoms with Crippen molar-refractivity contribution in [3.05, 3.63) is 22.7 Å². The Labute approximate surface area is 115 Å². The van der Waals surface area contributed by atoms with Crippen molar-refractivity contribution in [2.75, 3.05) is 25.6 Å². The zero-order chi connectivity index (χ0) is 13.0. The number of methoxy groups -OCH3 is 1. The van der Waals surface area contributed by atoms with Crippen molar-refractivity contribution < 1.29 is 14.3 Å². The molecule has 0 spiro atoms. The number of ether oxygens (including phenoxy) is 2. The van der Waals surface area contributed by atoms with E-state index in [1.807, 2.05) is 12.1 Å². The molecule has 4 nitrogen and oxygen atoms in total. The lowest BCUT2D eigenvalue weighted by atomic mass is 9.99. The van der Waals surface area contributed by atoms with Crippen LogP contribution in [0.4, 0.5) is 5.69 Å². The molecule has 98 valence electrons. The lowest BCUT2D eigenvalue weighted by Crippen LogP contribution is -2.28. The minimum absolute atomic E-state index is 0.0388. The number of carbonyl (C=O) groups is 1. The normalized spacial score (nSPS) is 16.3. The van der Waals surface area contributed by atoms with E-state index in [1.54, 1.807) is 13.2 Å². The molecule has 1 amide bonds. The predicted octanol–water partition coefficient (Wildman–Crippen LogP) is 2.82. The average Bonchev–Trinajstić information content (AvgIpc) is 2.42. The molecule has 0 bridgehead atoms. The molecule has 0 radical (unpaired) electrons. The molecule has 0 aliphatic carbocycles. The van der Waals surface area contributed by atoms with Crippen LogP contribution < -0.4 is 10.1 Å². The molecule has 1 aromatic rings. The zero-order valence-electron chi connectivity index (χ0n) is 10.2. The molecule has 0 aromatic heterocycles. The maximum Gasteiger partial charge on any atom is 0.227 e. The maximum absolute atomic E-state index is 12.1. The Morgan fingerprint density at radius 3 is 2.83 bits per heavy atom. The third-order valence-corrected chi connectivity index (χ3v) is 3.71. The maximum atomic E-state index is 12.1. The van der Waals surface area contributed by atoms with Crippen LogP contribution in [-0.4, -0.2) is 26.2 Å². The summed E-state index contributed by atoms with van der Waals surface area (Å²) < 4.78 is 11.2. The van der Waals surface area contributed by atoms with Crippen LogP contribution in [0, 0.1) is 5.92 Å². The minimum atomic E-state index is 0.0388. The van der Waals surface area contributed by atoms with Crippen LogP contribution in [-0.2, 0) is 9.53 Å². The van der Waals surface area contributed by atoms with Gasteiger partial charge in [0, 0.05) is 29.7 Å². The molecule has 1 N–H and O–H groups in total. The molecule has 2 rings (SSSR count). The van der Waals surface area contributed by atoms with E-state index >= 15 is 0 Å².